The molecular formula is C14H20O7. The Kier molecular flexibility index (Phi) is 5.15. The van der Waals surface area contributed by atoms with Gasteiger partial charge in [-0.2, -0.15) is 0 Å². The Morgan fingerprint density at radius 2 is 1.71 bits per heavy atom. The lowest BCUT2D eigenvalue weighted by Gasteiger charge is -2.39. The minimum Gasteiger partial charge on any atom is -0.462 e. The van der Waals surface area contributed by atoms with Gasteiger partial charge in [0.15, 0.2) is 0 Å². The monoisotopic (exact) mass is 300 g/mol. The predicted octanol–water partition coefficient (Wildman–Crippen LogP) is -1.08. The van der Waals surface area contributed by atoms with E-state index in [0.29, 0.717) is 11.3 Å². The lowest BCUT2D eigenvalue weighted by Crippen LogP contribution is -2.60. The van der Waals surface area contributed by atoms with Crippen molar-refractivity contribution in [2.75, 3.05) is 6.61 Å². The normalized spacial score (nSPS) is 34.5. The molecule has 1 aromatic carbocycles. The molecule has 6 atom stereocenters. The Hall–Kier alpha value is -1.22. The molecule has 118 valence electrons. The van der Waals surface area contributed by atoms with Crippen LogP contribution >= 0.6 is 0 Å². The average molecular weight is 300 g/mol. The van der Waals surface area contributed by atoms with Gasteiger partial charge in [0, 0.05) is 0 Å². The summed E-state index contributed by atoms with van der Waals surface area (Å²) in [7, 11) is 0. The van der Waals surface area contributed by atoms with Gasteiger partial charge in [0.25, 0.3) is 0 Å². The highest BCUT2D eigenvalue weighted by Crippen LogP contribution is 2.25. The van der Waals surface area contributed by atoms with Gasteiger partial charge in [-0.3, -0.25) is 0 Å². The van der Waals surface area contributed by atoms with Crippen molar-refractivity contribution in [3.63, 3.8) is 0 Å². The van der Waals surface area contributed by atoms with Gasteiger partial charge in [0.1, 0.15) is 30.2 Å². The first kappa shape index (κ1) is 16.2. The van der Waals surface area contributed by atoms with Gasteiger partial charge in [0.05, 0.1) is 12.7 Å². The fourth-order valence-electron chi connectivity index (χ4n) is 2.12. The molecule has 0 bridgehead atoms. The molecule has 1 heterocycles. The van der Waals surface area contributed by atoms with Crippen LogP contribution in [0, 0.1) is 0 Å². The zero-order chi connectivity index (χ0) is 15.6. The molecule has 1 aliphatic heterocycles. The van der Waals surface area contributed by atoms with Crippen molar-refractivity contribution in [2.24, 2.45) is 0 Å². The number of hydrogen-bond donors (Lipinski definition) is 5. The Bertz CT molecular complexity index is 445. The van der Waals surface area contributed by atoms with Crippen LogP contribution in [0.2, 0.25) is 0 Å². The Morgan fingerprint density at radius 3 is 2.24 bits per heavy atom. The molecule has 0 amide bonds. The second-order valence-electron chi connectivity index (χ2n) is 5.06. The van der Waals surface area contributed by atoms with Crippen LogP contribution in [-0.4, -0.2) is 62.8 Å². The fourth-order valence-corrected chi connectivity index (χ4v) is 2.12. The molecule has 0 spiro atoms. The summed E-state index contributed by atoms with van der Waals surface area (Å²) in [5.74, 6) is 0.365. The second-order valence-corrected chi connectivity index (χ2v) is 5.06. The molecule has 0 radical (unpaired) electrons. The summed E-state index contributed by atoms with van der Waals surface area (Å²) >= 11 is 0. The Labute approximate surface area is 122 Å². The van der Waals surface area contributed by atoms with Crippen molar-refractivity contribution >= 4 is 0 Å². The van der Waals surface area contributed by atoms with E-state index in [1.165, 1.54) is 0 Å². The van der Waals surface area contributed by atoms with Crippen molar-refractivity contribution in [3.8, 4) is 5.75 Å². The highest BCUT2D eigenvalue weighted by atomic mass is 16.7. The molecule has 7 nitrogen and oxygen atoms in total. The van der Waals surface area contributed by atoms with E-state index in [-0.39, 0.29) is 0 Å². The molecular weight excluding hydrogens is 280 g/mol. The summed E-state index contributed by atoms with van der Waals surface area (Å²) < 4.78 is 10.6. The average Bonchev–Trinajstić information content (AvgIpc) is 2.48. The van der Waals surface area contributed by atoms with Crippen LogP contribution in [0.5, 0.6) is 5.75 Å². The van der Waals surface area contributed by atoms with E-state index in [4.69, 9.17) is 14.6 Å². The van der Waals surface area contributed by atoms with Crippen LogP contribution < -0.4 is 4.74 Å². The summed E-state index contributed by atoms with van der Waals surface area (Å²) in [6.45, 7) is 1.12. The number of rotatable bonds is 4. The van der Waals surface area contributed by atoms with E-state index in [1.807, 2.05) is 0 Å². The van der Waals surface area contributed by atoms with Crippen LogP contribution in [0.4, 0.5) is 0 Å². The summed E-state index contributed by atoms with van der Waals surface area (Å²) in [6, 6.07) is 6.49. The number of hydrogen-bond acceptors (Lipinski definition) is 7. The smallest absolute Gasteiger partial charge is 0.229 e. The zero-order valence-electron chi connectivity index (χ0n) is 11.5. The number of aliphatic hydroxyl groups is 5. The highest BCUT2D eigenvalue weighted by Gasteiger charge is 2.44. The molecule has 0 aliphatic carbocycles. The topological polar surface area (TPSA) is 120 Å². The van der Waals surface area contributed by atoms with Crippen LogP contribution in [0.3, 0.4) is 0 Å². The van der Waals surface area contributed by atoms with Crippen molar-refractivity contribution in [1.82, 2.24) is 0 Å². The molecule has 1 saturated heterocycles. The molecule has 5 N–H and O–H groups in total. The predicted molar refractivity (Wildman–Crippen MR) is 71.5 cm³/mol. The van der Waals surface area contributed by atoms with Crippen molar-refractivity contribution in [1.29, 1.82) is 0 Å². The van der Waals surface area contributed by atoms with E-state index in [0.717, 1.165) is 0 Å². The molecule has 0 aromatic heterocycles. The molecule has 21 heavy (non-hydrogen) atoms. The van der Waals surface area contributed by atoms with Gasteiger partial charge >= 0.3 is 0 Å². The minimum atomic E-state index is -1.47. The molecule has 2 rings (SSSR count). The maximum absolute atomic E-state index is 9.84. The van der Waals surface area contributed by atoms with Crippen molar-refractivity contribution < 1.29 is 35.0 Å². The third kappa shape index (κ3) is 3.52. The van der Waals surface area contributed by atoms with E-state index in [1.54, 1.807) is 31.2 Å². The summed E-state index contributed by atoms with van der Waals surface area (Å²) in [5, 5.41) is 47.7. The van der Waals surface area contributed by atoms with Gasteiger partial charge in [0.2, 0.25) is 6.29 Å². The zero-order valence-corrected chi connectivity index (χ0v) is 11.5. The molecule has 0 saturated carbocycles. The van der Waals surface area contributed by atoms with Crippen LogP contribution in [-0.2, 0) is 4.74 Å². The lowest BCUT2D eigenvalue weighted by atomic mass is 9.99. The summed E-state index contributed by atoms with van der Waals surface area (Å²) in [4.78, 5) is 0. The standard InChI is InChI=1S/C14H20O7/c1-7(16)8-2-4-9(5-3-8)20-14-13(19)12(18)11(17)10(6-15)21-14/h2-5,7,10-19H,6H2,1H3/t7?,10-,11-,12-,13-,14-/m1/s1. The third-order valence-electron chi connectivity index (χ3n) is 3.46. The quantitative estimate of drug-likeness (QED) is 0.480. The van der Waals surface area contributed by atoms with E-state index in [2.05, 4.69) is 0 Å². The van der Waals surface area contributed by atoms with E-state index < -0.39 is 43.4 Å². The molecule has 1 fully saturated rings. The summed E-state index contributed by atoms with van der Waals surface area (Å²) in [5.41, 5.74) is 0.705. The van der Waals surface area contributed by atoms with E-state index in [9.17, 15) is 20.4 Å². The first-order valence-electron chi connectivity index (χ1n) is 6.69. The van der Waals surface area contributed by atoms with Gasteiger partial charge in [-0.05, 0) is 24.6 Å². The number of benzene rings is 1. The molecule has 7 heteroatoms. The number of aliphatic hydroxyl groups excluding tert-OH is 5. The minimum absolute atomic E-state index is 0.365. The first-order valence-corrected chi connectivity index (χ1v) is 6.69. The maximum Gasteiger partial charge on any atom is 0.229 e. The maximum atomic E-state index is 9.84. The molecule has 1 unspecified atom stereocenters. The van der Waals surface area contributed by atoms with Crippen LogP contribution in [0.15, 0.2) is 24.3 Å². The SMILES string of the molecule is CC(O)c1ccc(O[C@@H]2O[C@H](CO)[C@@H](O)[C@@H](O)[C@H]2O)cc1. The molecule has 1 aliphatic rings. The van der Waals surface area contributed by atoms with Crippen LogP contribution in [0.25, 0.3) is 0 Å². The van der Waals surface area contributed by atoms with Crippen LogP contribution in [0.1, 0.15) is 18.6 Å². The Balaban J connectivity index is 2.07. The lowest BCUT2D eigenvalue weighted by molar-refractivity contribution is -0.277. The van der Waals surface area contributed by atoms with Crippen molar-refractivity contribution in [2.45, 2.75) is 43.7 Å². The fraction of sp³-hybridized carbons (Fsp3) is 0.571. The highest BCUT2D eigenvalue weighted by molar-refractivity contribution is 5.28. The van der Waals surface area contributed by atoms with Gasteiger partial charge in [-0.15, -0.1) is 0 Å². The molecule has 1 aromatic rings. The van der Waals surface area contributed by atoms with Gasteiger partial charge < -0.3 is 35.0 Å². The largest absolute Gasteiger partial charge is 0.462 e. The third-order valence-corrected chi connectivity index (χ3v) is 3.46. The Morgan fingerprint density at radius 1 is 1.10 bits per heavy atom. The van der Waals surface area contributed by atoms with E-state index >= 15 is 0 Å². The first-order chi connectivity index (χ1) is 9.93. The summed E-state index contributed by atoms with van der Waals surface area (Å²) in [6.07, 6.45) is -7.16. The van der Waals surface area contributed by atoms with Gasteiger partial charge in [-0.25, -0.2) is 0 Å². The second kappa shape index (κ2) is 6.69. The number of ether oxygens (including phenoxy) is 2. The van der Waals surface area contributed by atoms with Crippen molar-refractivity contribution in [3.05, 3.63) is 29.8 Å². The van der Waals surface area contributed by atoms with Gasteiger partial charge in [-0.1, -0.05) is 12.1 Å².